The second-order valence-electron chi connectivity index (χ2n) is 5.83. The number of nitrogens with one attached hydrogen (secondary N) is 1. The van der Waals surface area contributed by atoms with E-state index in [1.54, 1.807) is 0 Å². The molecule has 128 valence electrons. The normalized spacial score (nSPS) is 16.5. The second kappa shape index (κ2) is 8.71. The van der Waals surface area contributed by atoms with Crippen LogP contribution in [0.5, 0.6) is 5.75 Å². The quantitative estimate of drug-likeness (QED) is 0.904. The number of carbonyl (C=O) groups is 1. The summed E-state index contributed by atoms with van der Waals surface area (Å²) in [6.45, 7) is 2.08. The lowest BCUT2D eigenvalue weighted by molar-refractivity contribution is 0.0789. The number of carbonyl (C=O) groups excluding carboxylic acids is 1. The molecule has 0 saturated carbocycles. The van der Waals surface area contributed by atoms with Gasteiger partial charge in [-0.15, -0.1) is 12.4 Å². The molecule has 1 unspecified atom stereocenters. The first-order chi connectivity index (χ1) is 11.3. The molecule has 0 aliphatic carbocycles. The molecule has 0 radical (unpaired) electrons. The zero-order valence-electron chi connectivity index (χ0n) is 13.8. The largest absolute Gasteiger partial charge is 0.489 e. The van der Waals surface area contributed by atoms with E-state index in [9.17, 15) is 4.79 Å². The molecule has 3 rings (SSSR count). The van der Waals surface area contributed by atoms with Gasteiger partial charge in [0.15, 0.2) is 0 Å². The Morgan fingerprint density at radius 3 is 2.71 bits per heavy atom. The van der Waals surface area contributed by atoms with Crippen molar-refractivity contribution in [2.24, 2.45) is 0 Å². The first-order valence-corrected chi connectivity index (χ1v) is 7.99. The van der Waals surface area contributed by atoms with Crippen LogP contribution in [0.1, 0.15) is 22.3 Å². The number of ether oxygens (including phenoxy) is 1. The van der Waals surface area contributed by atoms with Crippen molar-refractivity contribution in [1.82, 2.24) is 10.2 Å². The van der Waals surface area contributed by atoms with Gasteiger partial charge in [0.1, 0.15) is 12.4 Å². The number of amides is 1. The smallest absolute Gasteiger partial charge is 0.254 e. The Morgan fingerprint density at radius 1 is 1.21 bits per heavy atom. The number of rotatable bonds is 5. The summed E-state index contributed by atoms with van der Waals surface area (Å²) in [4.78, 5) is 14.5. The van der Waals surface area contributed by atoms with E-state index in [1.807, 2.05) is 66.5 Å². The summed E-state index contributed by atoms with van der Waals surface area (Å²) < 4.78 is 5.80. The topological polar surface area (TPSA) is 41.6 Å². The van der Waals surface area contributed by atoms with Gasteiger partial charge in [0, 0.05) is 24.7 Å². The first kappa shape index (κ1) is 18.3. The highest BCUT2D eigenvalue weighted by molar-refractivity contribution is 5.94. The highest BCUT2D eigenvalue weighted by Gasteiger charge is 2.25. The van der Waals surface area contributed by atoms with E-state index < -0.39 is 0 Å². The van der Waals surface area contributed by atoms with Crippen molar-refractivity contribution in [2.75, 3.05) is 20.1 Å². The molecule has 2 aromatic carbocycles. The predicted octanol–water partition coefficient (Wildman–Crippen LogP) is 3.12. The third-order valence-electron chi connectivity index (χ3n) is 4.21. The molecule has 1 saturated heterocycles. The van der Waals surface area contributed by atoms with Crippen LogP contribution >= 0.6 is 12.4 Å². The molecule has 1 atom stereocenters. The molecular formula is C19H23ClN2O2. The Hall–Kier alpha value is -2.04. The van der Waals surface area contributed by atoms with Crippen LogP contribution in [0.4, 0.5) is 0 Å². The summed E-state index contributed by atoms with van der Waals surface area (Å²) >= 11 is 0. The highest BCUT2D eigenvalue weighted by Crippen LogP contribution is 2.19. The van der Waals surface area contributed by atoms with Crippen LogP contribution in [-0.4, -0.2) is 37.0 Å². The van der Waals surface area contributed by atoms with Crippen molar-refractivity contribution >= 4 is 18.3 Å². The van der Waals surface area contributed by atoms with Crippen molar-refractivity contribution < 1.29 is 9.53 Å². The van der Waals surface area contributed by atoms with Crippen LogP contribution in [0, 0.1) is 0 Å². The molecule has 1 aliphatic rings. The zero-order chi connectivity index (χ0) is 16.1. The third kappa shape index (κ3) is 4.49. The highest BCUT2D eigenvalue weighted by atomic mass is 35.5. The van der Waals surface area contributed by atoms with Crippen molar-refractivity contribution in [2.45, 2.75) is 19.1 Å². The van der Waals surface area contributed by atoms with Gasteiger partial charge in [0.05, 0.1) is 0 Å². The molecule has 1 aliphatic heterocycles. The number of halogens is 1. The van der Waals surface area contributed by atoms with Crippen LogP contribution in [0.25, 0.3) is 0 Å². The van der Waals surface area contributed by atoms with E-state index in [0.29, 0.717) is 18.2 Å². The molecule has 5 heteroatoms. The minimum Gasteiger partial charge on any atom is -0.489 e. The molecule has 1 amide bonds. The molecule has 1 heterocycles. The SMILES string of the molecule is CNC1CCN(C(=O)c2cccc(OCc3ccccc3)c2)C1.Cl. The standard InChI is InChI=1S/C19H22N2O2.ClH/c1-20-17-10-11-21(13-17)19(22)16-8-5-9-18(12-16)23-14-15-6-3-2-4-7-15;/h2-9,12,17,20H,10-11,13-14H2,1H3;1H. The second-order valence-corrected chi connectivity index (χ2v) is 5.83. The number of hydrogen-bond donors (Lipinski definition) is 1. The van der Waals surface area contributed by atoms with E-state index in [1.165, 1.54) is 0 Å². The van der Waals surface area contributed by atoms with Crippen LogP contribution < -0.4 is 10.1 Å². The summed E-state index contributed by atoms with van der Waals surface area (Å²) in [7, 11) is 1.94. The maximum absolute atomic E-state index is 12.6. The number of benzene rings is 2. The van der Waals surface area contributed by atoms with Gasteiger partial charge in [0.2, 0.25) is 0 Å². The Morgan fingerprint density at radius 2 is 2.00 bits per heavy atom. The predicted molar refractivity (Wildman–Crippen MR) is 97.8 cm³/mol. The van der Waals surface area contributed by atoms with Gasteiger partial charge in [-0.25, -0.2) is 0 Å². The molecule has 4 nitrogen and oxygen atoms in total. The minimum atomic E-state index is 0. The van der Waals surface area contributed by atoms with Gasteiger partial charge in [-0.2, -0.15) is 0 Å². The zero-order valence-corrected chi connectivity index (χ0v) is 14.6. The molecule has 1 N–H and O–H groups in total. The lowest BCUT2D eigenvalue weighted by atomic mass is 10.2. The summed E-state index contributed by atoms with van der Waals surface area (Å²) in [6, 6.07) is 17.9. The van der Waals surface area contributed by atoms with Gasteiger partial charge in [-0.05, 0) is 37.2 Å². The fourth-order valence-electron chi connectivity index (χ4n) is 2.82. The molecule has 1 fully saturated rings. The number of hydrogen-bond acceptors (Lipinski definition) is 3. The van der Waals surface area contributed by atoms with Crippen LogP contribution in [0.2, 0.25) is 0 Å². The van der Waals surface area contributed by atoms with Crippen LogP contribution in [0.15, 0.2) is 54.6 Å². The first-order valence-electron chi connectivity index (χ1n) is 7.99. The number of likely N-dealkylation sites (tertiary alicyclic amines) is 1. The summed E-state index contributed by atoms with van der Waals surface area (Å²) in [5.74, 6) is 0.803. The van der Waals surface area contributed by atoms with Crippen LogP contribution in [0.3, 0.4) is 0 Å². The van der Waals surface area contributed by atoms with Gasteiger partial charge >= 0.3 is 0 Å². The fourth-order valence-corrected chi connectivity index (χ4v) is 2.82. The molecule has 0 bridgehead atoms. The van der Waals surface area contributed by atoms with E-state index in [0.717, 1.165) is 30.8 Å². The molecule has 2 aromatic rings. The van der Waals surface area contributed by atoms with E-state index >= 15 is 0 Å². The summed E-state index contributed by atoms with van der Waals surface area (Å²) in [5.41, 5.74) is 1.80. The summed E-state index contributed by atoms with van der Waals surface area (Å²) in [6.07, 6.45) is 1.01. The van der Waals surface area contributed by atoms with E-state index in [4.69, 9.17) is 4.74 Å². The monoisotopic (exact) mass is 346 g/mol. The Labute approximate surface area is 149 Å². The molecule has 24 heavy (non-hydrogen) atoms. The lowest BCUT2D eigenvalue weighted by Crippen LogP contribution is -2.33. The van der Waals surface area contributed by atoms with Gasteiger partial charge in [0.25, 0.3) is 5.91 Å². The Kier molecular flexibility index (Phi) is 6.64. The third-order valence-corrected chi connectivity index (χ3v) is 4.21. The fraction of sp³-hybridized carbons (Fsp3) is 0.316. The summed E-state index contributed by atoms with van der Waals surface area (Å²) in [5, 5.41) is 3.23. The van der Waals surface area contributed by atoms with Crippen molar-refractivity contribution in [3.8, 4) is 5.75 Å². The van der Waals surface area contributed by atoms with Gasteiger partial charge in [-0.1, -0.05) is 36.4 Å². The van der Waals surface area contributed by atoms with Crippen molar-refractivity contribution in [3.05, 3.63) is 65.7 Å². The van der Waals surface area contributed by atoms with Gasteiger partial charge < -0.3 is 15.0 Å². The average Bonchev–Trinajstić information content (AvgIpc) is 3.10. The molecule has 0 spiro atoms. The number of likely N-dealkylation sites (N-methyl/N-ethyl adjacent to an activating group) is 1. The maximum atomic E-state index is 12.6. The maximum Gasteiger partial charge on any atom is 0.254 e. The molecule has 0 aromatic heterocycles. The van der Waals surface area contributed by atoms with E-state index in [-0.39, 0.29) is 18.3 Å². The van der Waals surface area contributed by atoms with Crippen LogP contribution in [-0.2, 0) is 6.61 Å². The van der Waals surface area contributed by atoms with Crippen molar-refractivity contribution in [3.63, 3.8) is 0 Å². The molecular weight excluding hydrogens is 324 g/mol. The number of nitrogens with zero attached hydrogens (tertiary/aromatic N) is 1. The minimum absolute atomic E-state index is 0. The Balaban J connectivity index is 0.00000208. The van der Waals surface area contributed by atoms with E-state index in [2.05, 4.69) is 5.32 Å². The average molecular weight is 347 g/mol. The lowest BCUT2D eigenvalue weighted by Gasteiger charge is -2.17. The van der Waals surface area contributed by atoms with Crippen molar-refractivity contribution in [1.29, 1.82) is 0 Å². The Bertz CT molecular complexity index is 663. The van der Waals surface area contributed by atoms with Gasteiger partial charge in [-0.3, -0.25) is 4.79 Å².